The number of H-pyrrole nitrogens is 1. The van der Waals surface area contributed by atoms with E-state index in [1.54, 1.807) is 25.7 Å². The maximum absolute atomic E-state index is 13.8. The molecule has 0 aliphatic carbocycles. The number of amides is 5. The number of fused-ring (bicyclic) bond motifs is 2. The van der Waals surface area contributed by atoms with Crippen LogP contribution in [0, 0.1) is 5.92 Å². The number of para-hydroxylation sites is 1. The van der Waals surface area contributed by atoms with Gasteiger partial charge in [-0.3, -0.25) is 14.5 Å². The number of benzene rings is 2. The Labute approximate surface area is 245 Å². The van der Waals surface area contributed by atoms with Gasteiger partial charge in [-0.2, -0.15) is 0 Å². The first kappa shape index (κ1) is 29.2. The van der Waals surface area contributed by atoms with E-state index in [1.165, 1.54) is 4.90 Å². The van der Waals surface area contributed by atoms with Crippen LogP contribution >= 0.6 is 0 Å². The zero-order valence-electron chi connectivity index (χ0n) is 24.6. The van der Waals surface area contributed by atoms with Crippen LogP contribution in [0.25, 0.3) is 10.9 Å². The predicted octanol–water partition coefficient (Wildman–Crippen LogP) is 4.35. The maximum Gasteiger partial charge on any atom is 0.408 e. The van der Waals surface area contributed by atoms with E-state index in [9.17, 15) is 19.2 Å². The van der Waals surface area contributed by atoms with E-state index in [4.69, 9.17) is 4.74 Å². The summed E-state index contributed by atoms with van der Waals surface area (Å²) in [6.07, 6.45) is 2.67. The topological polar surface area (TPSA) is 124 Å². The Morgan fingerprint density at radius 2 is 1.79 bits per heavy atom. The molecule has 4 atom stereocenters. The van der Waals surface area contributed by atoms with E-state index in [0.29, 0.717) is 19.4 Å². The molecule has 10 heteroatoms. The van der Waals surface area contributed by atoms with E-state index in [0.717, 1.165) is 22.0 Å². The van der Waals surface area contributed by atoms with E-state index < -0.39 is 41.6 Å². The van der Waals surface area contributed by atoms with Gasteiger partial charge >= 0.3 is 12.1 Å². The number of hydrogen-bond acceptors (Lipinski definition) is 5. The molecule has 2 aliphatic heterocycles. The molecule has 0 saturated carbocycles. The maximum atomic E-state index is 13.8. The van der Waals surface area contributed by atoms with Gasteiger partial charge in [-0.05, 0) is 50.8 Å². The Morgan fingerprint density at radius 3 is 2.52 bits per heavy atom. The molecule has 3 heterocycles. The van der Waals surface area contributed by atoms with Gasteiger partial charge in [0, 0.05) is 30.1 Å². The summed E-state index contributed by atoms with van der Waals surface area (Å²) in [7, 11) is 0. The summed E-state index contributed by atoms with van der Waals surface area (Å²) in [5.41, 5.74) is 1.94. The van der Waals surface area contributed by atoms with Crippen molar-refractivity contribution in [1.29, 1.82) is 0 Å². The third-order valence-electron chi connectivity index (χ3n) is 7.95. The van der Waals surface area contributed by atoms with Gasteiger partial charge in [0.2, 0.25) is 11.8 Å². The molecular weight excluding hydrogens is 534 g/mol. The van der Waals surface area contributed by atoms with Crippen LogP contribution in [-0.2, 0) is 27.3 Å². The zero-order valence-corrected chi connectivity index (χ0v) is 24.6. The first-order chi connectivity index (χ1) is 20.0. The molecule has 42 heavy (non-hydrogen) atoms. The summed E-state index contributed by atoms with van der Waals surface area (Å²) in [5.74, 6) is -1.16. The van der Waals surface area contributed by atoms with Crippen molar-refractivity contribution in [2.24, 2.45) is 5.92 Å². The van der Waals surface area contributed by atoms with Crippen molar-refractivity contribution >= 4 is 34.8 Å². The number of alkyl carbamates (subject to hydrolysis) is 1. The lowest BCUT2D eigenvalue weighted by Gasteiger charge is -2.49. The van der Waals surface area contributed by atoms with Crippen LogP contribution in [0.5, 0.6) is 0 Å². The molecule has 0 unspecified atom stereocenters. The Bertz CT molecular complexity index is 1460. The van der Waals surface area contributed by atoms with E-state index in [2.05, 4.69) is 15.6 Å². The summed E-state index contributed by atoms with van der Waals surface area (Å²) in [4.78, 5) is 59.9. The Morgan fingerprint density at radius 1 is 1.07 bits per heavy atom. The SMILES string of the molecule is C[C@@H]1C(=O)N(Cc2ccccc2)C(=O)N2CCC[C@H](NC(=O)[C@H](Cc3c[nH]c4ccccc34)NC(=O)OC(C)(C)C)[C@@H]12. The number of carbonyl (C=O) groups is 4. The molecule has 3 N–H and O–H groups in total. The number of hydrogen-bond donors (Lipinski definition) is 3. The summed E-state index contributed by atoms with van der Waals surface area (Å²) >= 11 is 0. The number of nitrogens with zero attached hydrogens (tertiary/aromatic N) is 2. The van der Waals surface area contributed by atoms with Crippen molar-refractivity contribution in [3.63, 3.8) is 0 Å². The quantitative estimate of drug-likeness (QED) is 0.388. The highest BCUT2D eigenvalue weighted by Gasteiger charge is 2.49. The van der Waals surface area contributed by atoms with Crippen LogP contribution < -0.4 is 10.6 Å². The number of aromatic nitrogens is 1. The minimum absolute atomic E-state index is 0.204. The number of carbonyl (C=O) groups excluding carboxylic acids is 4. The predicted molar refractivity (Wildman–Crippen MR) is 158 cm³/mol. The van der Waals surface area contributed by atoms with E-state index in [-0.39, 0.29) is 24.9 Å². The van der Waals surface area contributed by atoms with Gasteiger partial charge in [-0.1, -0.05) is 55.5 Å². The second-order valence-corrected chi connectivity index (χ2v) is 12.2. The van der Waals surface area contributed by atoms with Crippen molar-refractivity contribution in [3.8, 4) is 0 Å². The molecule has 5 rings (SSSR count). The number of imide groups is 1. The Hall–Kier alpha value is -4.34. The number of aromatic amines is 1. The molecule has 3 aromatic rings. The monoisotopic (exact) mass is 573 g/mol. The molecule has 2 saturated heterocycles. The Balaban J connectivity index is 1.35. The van der Waals surface area contributed by atoms with E-state index in [1.807, 2.05) is 67.7 Å². The second-order valence-electron chi connectivity index (χ2n) is 12.2. The smallest absolute Gasteiger partial charge is 0.408 e. The van der Waals surface area contributed by atoms with Crippen molar-refractivity contribution in [2.75, 3.05) is 6.54 Å². The van der Waals surface area contributed by atoms with Crippen LogP contribution in [0.1, 0.15) is 51.7 Å². The molecule has 2 aromatic carbocycles. The second kappa shape index (κ2) is 11.9. The molecule has 1 aromatic heterocycles. The standard InChI is InChI=1S/C32H39N5O5/c1-20-27-25(15-10-16-36(27)31(41)37(29(20)39)19-21-11-6-5-7-12-21)34-28(38)26(35-30(40)42-32(2,3)4)17-22-18-33-24-14-9-8-13-23(22)24/h5-9,11-14,18,20,25-27,33H,10,15-17,19H2,1-4H3,(H,34,38)(H,35,40)/t20-,25-,26-,27+/m0/s1. The first-order valence-corrected chi connectivity index (χ1v) is 14.5. The van der Waals surface area contributed by atoms with E-state index >= 15 is 0 Å². The lowest BCUT2D eigenvalue weighted by atomic mass is 9.84. The first-order valence-electron chi connectivity index (χ1n) is 14.5. The number of urea groups is 1. The number of piperidine rings is 1. The zero-order chi connectivity index (χ0) is 30.0. The molecule has 0 spiro atoms. The molecule has 2 fully saturated rings. The number of ether oxygens (including phenoxy) is 1. The summed E-state index contributed by atoms with van der Waals surface area (Å²) in [5, 5.41) is 6.82. The highest BCUT2D eigenvalue weighted by molar-refractivity contribution is 5.99. The van der Waals surface area contributed by atoms with Gasteiger partial charge in [0.05, 0.1) is 24.5 Å². The van der Waals surface area contributed by atoms with Gasteiger partial charge in [0.25, 0.3) is 0 Å². The Kier molecular flexibility index (Phi) is 8.24. The van der Waals surface area contributed by atoms with Gasteiger partial charge in [0.15, 0.2) is 0 Å². The van der Waals surface area contributed by atoms with Crippen molar-refractivity contribution < 1.29 is 23.9 Å². The molecule has 2 aliphatic rings. The fourth-order valence-electron chi connectivity index (χ4n) is 6.03. The third-order valence-corrected chi connectivity index (χ3v) is 7.95. The summed E-state index contributed by atoms with van der Waals surface area (Å²) in [6, 6.07) is 15.0. The molecule has 10 nitrogen and oxygen atoms in total. The fourth-order valence-corrected chi connectivity index (χ4v) is 6.03. The third kappa shape index (κ3) is 6.27. The van der Waals surface area contributed by atoms with Crippen molar-refractivity contribution in [2.45, 2.75) is 77.2 Å². The van der Waals surface area contributed by atoms with Gasteiger partial charge < -0.3 is 25.3 Å². The van der Waals surface area contributed by atoms with Crippen LogP contribution in [0.4, 0.5) is 9.59 Å². The highest BCUT2D eigenvalue weighted by Crippen LogP contribution is 2.32. The van der Waals surface area contributed by atoms with Gasteiger partial charge in [-0.15, -0.1) is 0 Å². The molecular formula is C32H39N5O5. The average molecular weight is 574 g/mol. The molecule has 222 valence electrons. The van der Waals surface area contributed by atoms with Crippen molar-refractivity contribution in [3.05, 3.63) is 71.9 Å². The highest BCUT2D eigenvalue weighted by atomic mass is 16.6. The van der Waals surface area contributed by atoms with Crippen LogP contribution in [0.2, 0.25) is 0 Å². The lowest BCUT2D eigenvalue weighted by Crippen LogP contribution is -2.69. The lowest BCUT2D eigenvalue weighted by molar-refractivity contribution is -0.141. The molecule has 0 radical (unpaired) electrons. The molecule has 0 bridgehead atoms. The van der Waals surface area contributed by atoms with Crippen LogP contribution in [0.3, 0.4) is 0 Å². The minimum Gasteiger partial charge on any atom is -0.444 e. The van der Waals surface area contributed by atoms with Crippen molar-refractivity contribution in [1.82, 2.24) is 25.4 Å². The fraction of sp³-hybridized carbons (Fsp3) is 0.438. The molecule has 5 amide bonds. The van der Waals surface area contributed by atoms with Gasteiger partial charge in [0.1, 0.15) is 11.6 Å². The van der Waals surface area contributed by atoms with Gasteiger partial charge in [-0.25, -0.2) is 9.59 Å². The number of nitrogens with one attached hydrogen (secondary N) is 3. The summed E-state index contributed by atoms with van der Waals surface area (Å²) in [6.45, 7) is 7.81. The number of rotatable bonds is 7. The minimum atomic E-state index is -0.936. The normalized spacial score (nSPS) is 21.6. The summed E-state index contributed by atoms with van der Waals surface area (Å²) < 4.78 is 5.47. The van der Waals surface area contributed by atoms with Crippen LogP contribution in [-0.4, -0.2) is 69.0 Å². The average Bonchev–Trinajstić information content (AvgIpc) is 3.36. The largest absolute Gasteiger partial charge is 0.444 e. The van der Waals surface area contributed by atoms with Crippen LogP contribution in [0.15, 0.2) is 60.8 Å².